The Bertz CT molecular complexity index is 400. The third-order valence-electron chi connectivity index (χ3n) is 4.73. The zero-order valence-corrected chi connectivity index (χ0v) is 13.9. The Kier molecular flexibility index (Phi) is 6.50. The van der Waals surface area contributed by atoms with Crippen molar-refractivity contribution in [1.29, 1.82) is 0 Å². The molecule has 1 aromatic rings. The maximum Gasteiger partial charge on any atom is 0.122 e. The first-order chi connectivity index (χ1) is 9.55. The van der Waals surface area contributed by atoms with Crippen molar-refractivity contribution >= 4 is 0 Å². The van der Waals surface area contributed by atoms with Crippen molar-refractivity contribution in [2.24, 2.45) is 0 Å². The molecule has 0 amide bonds. The molecule has 0 saturated carbocycles. The van der Waals surface area contributed by atoms with Crippen LogP contribution in [0, 0.1) is 0 Å². The minimum atomic E-state index is 0.162. The lowest BCUT2D eigenvalue weighted by Gasteiger charge is -2.45. The topological polar surface area (TPSA) is 24.5 Å². The molecule has 0 aliphatic rings. The fourth-order valence-electron chi connectivity index (χ4n) is 3.34. The summed E-state index contributed by atoms with van der Waals surface area (Å²) in [6, 6.07) is 8.70. The molecule has 0 saturated heterocycles. The summed E-state index contributed by atoms with van der Waals surface area (Å²) in [4.78, 5) is 2.36. The number of para-hydroxylation sites is 1. The van der Waals surface area contributed by atoms with Crippen LogP contribution in [0.5, 0.6) is 5.75 Å². The Balaban J connectivity index is 3.06. The summed E-state index contributed by atoms with van der Waals surface area (Å²) in [6.07, 6.45) is 3.22. The van der Waals surface area contributed by atoms with E-state index >= 15 is 0 Å². The average Bonchev–Trinajstić information content (AvgIpc) is 2.47. The van der Waals surface area contributed by atoms with Crippen LogP contribution in [-0.4, -0.2) is 44.7 Å². The lowest BCUT2D eigenvalue weighted by atomic mass is 9.80. The van der Waals surface area contributed by atoms with Gasteiger partial charge in [0.1, 0.15) is 5.75 Å². The standard InChI is InChI=1S/C17H30N2O/c1-7-17(8-2,19(4)5)16(18-3)13-14-11-9-10-12-15(14)20-6/h9-12,16,18H,7-8,13H2,1-6H3. The molecule has 0 aliphatic heterocycles. The van der Waals surface area contributed by atoms with Gasteiger partial charge in [0, 0.05) is 11.6 Å². The minimum Gasteiger partial charge on any atom is -0.496 e. The summed E-state index contributed by atoms with van der Waals surface area (Å²) in [5.74, 6) is 0.979. The molecule has 114 valence electrons. The van der Waals surface area contributed by atoms with E-state index < -0.39 is 0 Å². The molecule has 0 heterocycles. The maximum absolute atomic E-state index is 5.49. The molecule has 1 aromatic carbocycles. The zero-order valence-electron chi connectivity index (χ0n) is 13.9. The van der Waals surface area contributed by atoms with Gasteiger partial charge in [-0.25, -0.2) is 0 Å². The largest absolute Gasteiger partial charge is 0.496 e. The zero-order chi connectivity index (χ0) is 15.2. The van der Waals surface area contributed by atoms with E-state index in [1.165, 1.54) is 5.56 Å². The van der Waals surface area contributed by atoms with Gasteiger partial charge >= 0.3 is 0 Å². The van der Waals surface area contributed by atoms with Gasteiger partial charge in [-0.1, -0.05) is 32.0 Å². The Morgan fingerprint density at radius 2 is 1.80 bits per heavy atom. The summed E-state index contributed by atoms with van der Waals surface area (Å²) in [5, 5.41) is 3.53. The molecule has 0 radical (unpaired) electrons. The van der Waals surface area contributed by atoms with Crippen molar-refractivity contribution in [1.82, 2.24) is 10.2 Å². The van der Waals surface area contributed by atoms with Crippen LogP contribution in [-0.2, 0) is 6.42 Å². The first-order valence-electron chi connectivity index (χ1n) is 7.52. The van der Waals surface area contributed by atoms with E-state index in [2.05, 4.69) is 57.3 Å². The maximum atomic E-state index is 5.49. The fraction of sp³-hybridized carbons (Fsp3) is 0.647. The van der Waals surface area contributed by atoms with E-state index in [1.54, 1.807) is 7.11 Å². The van der Waals surface area contributed by atoms with Crippen molar-refractivity contribution in [3.8, 4) is 5.75 Å². The second-order valence-corrected chi connectivity index (χ2v) is 5.56. The van der Waals surface area contributed by atoms with Gasteiger partial charge in [0.15, 0.2) is 0 Å². The molecule has 1 N–H and O–H groups in total. The molecule has 3 nitrogen and oxygen atoms in total. The molecule has 1 atom stereocenters. The second-order valence-electron chi connectivity index (χ2n) is 5.56. The van der Waals surface area contributed by atoms with Crippen LogP contribution in [0.25, 0.3) is 0 Å². The first kappa shape index (κ1) is 17.0. The highest BCUT2D eigenvalue weighted by Crippen LogP contribution is 2.30. The van der Waals surface area contributed by atoms with Crippen molar-refractivity contribution in [3.05, 3.63) is 29.8 Å². The molecule has 0 aliphatic carbocycles. The van der Waals surface area contributed by atoms with Crippen LogP contribution in [0.1, 0.15) is 32.3 Å². The van der Waals surface area contributed by atoms with Gasteiger partial charge < -0.3 is 15.0 Å². The van der Waals surface area contributed by atoms with Gasteiger partial charge in [0.2, 0.25) is 0 Å². The van der Waals surface area contributed by atoms with Gasteiger partial charge in [-0.2, -0.15) is 0 Å². The van der Waals surface area contributed by atoms with E-state index in [4.69, 9.17) is 4.74 Å². The Hall–Kier alpha value is -1.06. The molecular weight excluding hydrogens is 248 g/mol. The number of methoxy groups -OCH3 is 1. The highest BCUT2D eigenvalue weighted by Gasteiger charge is 2.37. The summed E-state index contributed by atoms with van der Waals surface area (Å²) >= 11 is 0. The van der Waals surface area contributed by atoms with Crippen LogP contribution >= 0.6 is 0 Å². The molecule has 3 heteroatoms. The number of nitrogens with zero attached hydrogens (tertiary/aromatic N) is 1. The Morgan fingerprint density at radius 3 is 2.25 bits per heavy atom. The van der Waals surface area contributed by atoms with Gasteiger partial charge in [0.05, 0.1) is 7.11 Å². The Labute approximate surface area is 124 Å². The van der Waals surface area contributed by atoms with Gasteiger partial charge in [-0.15, -0.1) is 0 Å². The van der Waals surface area contributed by atoms with E-state index in [-0.39, 0.29) is 5.54 Å². The molecule has 0 spiro atoms. The summed E-state index contributed by atoms with van der Waals surface area (Å²) in [5.41, 5.74) is 1.43. The van der Waals surface area contributed by atoms with Gasteiger partial charge in [-0.05, 0) is 52.0 Å². The third-order valence-corrected chi connectivity index (χ3v) is 4.73. The molecule has 0 fully saturated rings. The summed E-state index contributed by atoms with van der Waals surface area (Å²) < 4.78 is 5.49. The number of benzene rings is 1. The van der Waals surface area contributed by atoms with Crippen LogP contribution in [0.2, 0.25) is 0 Å². The molecule has 1 rings (SSSR count). The van der Waals surface area contributed by atoms with Gasteiger partial charge in [-0.3, -0.25) is 0 Å². The minimum absolute atomic E-state index is 0.162. The van der Waals surface area contributed by atoms with Crippen LogP contribution in [0.3, 0.4) is 0 Å². The molecule has 1 unspecified atom stereocenters. The highest BCUT2D eigenvalue weighted by atomic mass is 16.5. The highest BCUT2D eigenvalue weighted by molar-refractivity contribution is 5.34. The lowest BCUT2D eigenvalue weighted by Crippen LogP contribution is -2.58. The fourth-order valence-corrected chi connectivity index (χ4v) is 3.34. The number of likely N-dealkylation sites (N-methyl/N-ethyl adjacent to an activating group) is 2. The van der Waals surface area contributed by atoms with Crippen LogP contribution in [0.4, 0.5) is 0 Å². The number of ether oxygens (including phenoxy) is 1. The quantitative estimate of drug-likeness (QED) is 0.791. The number of hydrogen-bond acceptors (Lipinski definition) is 3. The molecule has 0 bridgehead atoms. The second kappa shape index (κ2) is 7.65. The number of hydrogen-bond donors (Lipinski definition) is 1. The monoisotopic (exact) mass is 278 g/mol. The normalized spacial score (nSPS) is 13.6. The van der Waals surface area contributed by atoms with E-state index in [0.29, 0.717) is 6.04 Å². The van der Waals surface area contributed by atoms with Gasteiger partial charge in [0.25, 0.3) is 0 Å². The first-order valence-corrected chi connectivity index (χ1v) is 7.52. The average molecular weight is 278 g/mol. The number of rotatable bonds is 8. The third kappa shape index (κ3) is 3.33. The SMILES string of the molecule is CCC(CC)(C(Cc1ccccc1OC)NC)N(C)C. The number of nitrogens with one attached hydrogen (secondary N) is 1. The van der Waals surface area contributed by atoms with E-state index in [0.717, 1.165) is 25.0 Å². The predicted molar refractivity (Wildman–Crippen MR) is 86.5 cm³/mol. The Morgan fingerprint density at radius 1 is 1.20 bits per heavy atom. The predicted octanol–water partition coefficient (Wildman–Crippen LogP) is 2.95. The molecular formula is C17H30N2O. The van der Waals surface area contributed by atoms with Crippen molar-refractivity contribution in [2.75, 3.05) is 28.3 Å². The summed E-state index contributed by atoms with van der Waals surface area (Å²) in [6.45, 7) is 4.55. The van der Waals surface area contributed by atoms with Crippen LogP contribution in [0.15, 0.2) is 24.3 Å². The van der Waals surface area contributed by atoms with Crippen molar-refractivity contribution in [3.63, 3.8) is 0 Å². The van der Waals surface area contributed by atoms with E-state index in [9.17, 15) is 0 Å². The lowest BCUT2D eigenvalue weighted by molar-refractivity contribution is 0.0915. The smallest absolute Gasteiger partial charge is 0.122 e. The van der Waals surface area contributed by atoms with Crippen molar-refractivity contribution in [2.45, 2.75) is 44.7 Å². The molecule has 0 aromatic heterocycles. The molecule has 20 heavy (non-hydrogen) atoms. The van der Waals surface area contributed by atoms with Crippen molar-refractivity contribution < 1.29 is 4.74 Å². The van der Waals surface area contributed by atoms with Crippen LogP contribution < -0.4 is 10.1 Å². The van der Waals surface area contributed by atoms with E-state index in [1.807, 2.05) is 12.1 Å². The summed E-state index contributed by atoms with van der Waals surface area (Å²) in [7, 11) is 8.16.